The van der Waals surface area contributed by atoms with Crippen LogP contribution < -0.4 is 14.5 Å². The summed E-state index contributed by atoms with van der Waals surface area (Å²) in [5.41, 5.74) is 4.88. The number of hydrogen-bond acceptors (Lipinski definition) is 5. The van der Waals surface area contributed by atoms with Crippen LogP contribution in [0.3, 0.4) is 0 Å². The number of rotatable bonds is 7. The van der Waals surface area contributed by atoms with Crippen LogP contribution in [0.15, 0.2) is 71.3 Å². The Kier molecular flexibility index (Phi) is 6.41. The smallest absolute Gasteiger partial charge is 0.295 e. The molecule has 1 heterocycles. The molecule has 3 rings (SSSR count). The van der Waals surface area contributed by atoms with Crippen molar-refractivity contribution in [2.24, 2.45) is 10.2 Å². The fraction of sp³-hybridized carbons (Fsp3) is 0.227. The predicted molar refractivity (Wildman–Crippen MR) is 118 cm³/mol. The summed E-state index contributed by atoms with van der Waals surface area (Å²) in [6.07, 6.45) is 7.00. The minimum atomic E-state index is -0.128. The Hall–Kier alpha value is -3.45. The summed E-state index contributed by atoms with van der Waals surface area (Å²) in [4.78, 5) is 4.10. The van der Waals surface area contributed by atoms with Crippen molar-refractivity contribution >= 4 is 23.8 Å². The van der Waals surface area contributed by atoms with Gasteiger partial charge in [0.05, 0.1) is 12.4 Å². The predicted octanol–water partition coefficient (Wildman–Crippen LogP) is 2.16. The molecule has 0 atom stereocenters. The van der Waals surface area contributed by atoms with Crippen LogP contribution in [0.1, 0.15) is 16.8 Å². The lowest BCUT2D eigenvalue weighted by Crippen LogP contribution is -2.24. The molecule has 3 aromatic rings. The molecule has 7 nitrogen and oxygen atoms in total. The van der Waals surface area contributed by atoms with Crippen LogP contribution in [-0.2, 0) is 6.61 Å². The van der Waals surface area contributed by atoms with Crippen LogP contribution >= 0.6 is 0 Å². The van der Waals surface area contributed by atoms with Crippen molar-refractivity contribution in [2.45, 2.75) is 6.61 Å². The molecule has 0 aliphatic carbocycles. The van der Waals surface area contributed by atoms with Gasteiger partial charge in [0.25, 0.3) is 6.33 Å². The second-order valence-corrected chi connectivity index (χ2v) is 7.08. The number of benzene rings is 2. The third kappa shape index (κ3) is 5.30. The second-order valence-electron chi connectivity index (χ2n) is 7.08. The highest BCUT2D eigenvalue weighted by Crippen LogP contribution is 2.12. The lowest BCUT2D eigenvalue weighted by atomic mass is 10.2. The Labute approximate surface area is 171 Å². The second kappa shape index (κ2) is 9.16. The minimum Gasteiger partial charge on any atom is -0.388 e. The zero-order valence-corrected chi connectivity index (χ0v) is 17.3. The summed E-state index contributed by atoms with van der Waals surface area (Å²) < 4.78 is 3.25. The highest BCUT2D eigenvalue weighted by atomic mass is 16.3. The first-order chi connectivity index (χ1) is 14.0. The van der Waals surface area contributed by atoms with Gasteiger partial charge in [0, 0.05) is 39.6 Å². The van der Waals surface area contributed by atoms with Crippen molar-refractivity contribution in [1.82, 2.24) is 4.68 Å². The molecule has 0 aliphatic rings. The number of aliphatic hydroxyl groups is 1. The summed E-state index contributed by atoms with van der Waals surface area (Å²) in [5, 5.41) is 18.5. The molecule has 2 aromatic carbocycles. The van der Waals surface area contributed by atoms with Gasteiger partial charge in [-0.1, -0.05) is 34.5 Å². The summed E-state index contributed by atoms with van der Waals surface area (Å²) in [5.74, 6) is 0. The first-order valence-corrected chi connectivity index (χ1v) is 9.33. The Morgan fingerprint density at radius 1 is 0.862 bits per heavy atom. The summed E-state index contributed by atoms with van der Waals surface area (Å²) >= 11 is 0. The van der Waals surface area contributed by atoms with Gasteiger partial charge < -0.3 is 14.9 Å². The SMILES string of the molecule is CN(C)c1ccc(C=Nn2c[n+](N=Cc3ccc(N(C)C)cc3)cc2CO)cc1. The number of aliphatic hydroxyl groups excluding tert-OH is 1. The Morgan fingerprint density at radius 2 is 1.38 bits per heavy atom. The van der Waals surface area contributed by atoms with Crippen molar-refractivity contribution in [2.75, 3.05) is 38.0 Å². The Bertz CT molecular complexity index is 985. The molecule has 0 bridgehead atoms. The van der Waals surface area contributed by atoms with Crippen molar-refractivity contribution in [3.05, 3.63) is 77.9 Å². The fourth-order valence-corrected chi connectivity index (χ4v) is 2.69. The molecule has 1 aromatic heterocycles. The maximum atomic E-state index is 9.62. The highest BCUT2D eigenvalue weighted by molar-refractivity contribution is 5.80. The normalized spacial score (nSPS) is 11.5. The molecule has 0 amide bonds. The zero-order valence-electron chi connectivity index (χ0n) is 17.3. The standard InChI is InChI=1S/C22H27N6O/c1-25(2)20-9-5-18(6-10-20)13-23-27-15-22(16-29)28(17-27)24-14-19-7-11-21(12-8-19)26(3)4/h5-15,17,29H,16H2,1-4H3/q+1. The van der Waals surface area contributed by atoms with Gasteiger partial charge in [-0.05, 0) is 35.4 Å². The third-order valence-corrected chi connectivity index (χ3v) is 4.46. The van der Waals surface area contributed by atoms with Gasteiger partial charge in [-0.2, -0.15) is 0 Å². The zero-order chi connectivity index (χ0) is 20.8. The average molecular weight is 391 g/mol. The van der Waals surface area contributed by atoms with E-state index in [2.05, 4.69) is 15.1 Å². The van der Waals surface area contributed by atoms with Crippen LogP contribution in [-0.4, -0.2) is 50.4 Å². The number of anilines is 2. The Morgan fingerprint density at radius 3 is 1.86 bits per heavy atom. The number of imidazole rings is 1. The van der Waals surface area contributed by atoms with E-state index in [1.807, 2.05) is 81.6 Å². The number of nitrogens with zero attached hydrogens (tertiary/aromatic N) is 6. The van der Waals surface area contributed by atoms with E-state index in [9.17, 15) is 5.11 Å². The number of aromatic nitrogens is 2. The Balaban J connectivity index is 1.74. The first-order valence-electron chi connectivity index (χ1n) is 9.33. The van der Waals surface area contributed by atoms with Crippen molar-refractivity contribution in [3.8, 4) is 0 Å². The molecule has 150 valence electrons. The van der Waals surface area contributed by atoms with E-state index in [1.54, 1.807) is 34.3 Å². The highest BCUT2D eigenvalue weighted by Gasteiger charge is 2.11. The molecule has 0 fully saturated rings. The van der Waals surface area contributed by atoms with Gasteiger partial charge in [-0.15, -0.1) is 9.35 Å². The molecule has 29 heavy (non-hydrogen) atoms. The molecule has 0 saturated heterocycles. The van der Waals surface area contributed by atoms with E-state index in [-0.39, 0.29) is 6.61 Å². The lowest BCUT2D eigenvalue weighted by molar-refractivity contribution is -0.677. The quantitative estimate of drug-likeness (QED) is 0.496. The molecule has 7 heteroatoms. The van der Waals surface area contributed by atoms with Crippen molar-refractivity contribution < 1.29 is 9.78 Å². The monoisotopic (exact) mass is 391 g/mol. The molecular formula is C22H27N6O+. The fourth-order valence-electron chi connectivity index (χ4n) is 2.69. The van der Waals surface area contributed by atoms with Gasteiger partial charge in [-0.3, -0.25) is 0 Å². The minimum absolute atomic E-state index is 0.128. The van der Waals surface area contributed by atoms with Gasteiger partial charge in [0.15, 0.2) is 11.9 Å². The summed E-state index contributed by atoms with van der Waals surface area (Å²) in [6, 6.07) is 16.2. The topological polar surface area (TPSA) is 60.2 Å². The van der Waals surface area contributed by atoms with Gasteiger partial charge in [-0.25, -0.2) is 0 Å². The lowest BCUT2D eigenvalue weighted by Gasteiger charge is -2.11. The van der Waals surface area contributed by atoms with E-state index in [1.165, 1.54) is 0 Å². The largest absolute Gasteiger partial charge is 0.388 e. The molecule has 0 spiro atoms. The average Bonchev–Trinajstić information content (AvgIpc) is 3.13. The van der Waals surface area contributed by atoms with Gasteiger partial charge >= 0.3 is 0 Å². The summed E-state index contributed by atoms with van der Waals surface area (Å²) in [7, 11) is 8.03. The van der Waals surface area contributed by atoms with Gasteiger partial charge in [0.2, 0.25) is 0 Å². The van der Waals surface area contributed by atoms with Crippen LogP contribution in [0.2, 0.25) is 0 Å². The van der Waals surface area contributed by atoms with Crippen LogP contribution in [0.4, 0.5) is 11.4 Å². The van der Waals surface area contributed by atoms with Crippen LogP contribution in [0, 0.1) is 0 Å². The van der Waals surface area contributed by atoms with Crippen molar-refractivity contribution in [1.29, 1.82) is 0 Å². The molecule has 0 unspecified atom stereocenters. The maximum absolute atomic E-state index is 9.62. The maximum Gasteiger partial charge on any atom is 0.295 e. The third-order valence-electron chi connectivity index (χ3n) is 4.46. The molecule has 1 N–H and O–H groups in total. The molecular weight excluding hydrogens is 364 g/mol. The first kappa shape index (κ1) is 20.3. The molecule has 0 aliphatic heterocycles. The van der Waals surface area contributed by atoms with Crippen LogP contribution in [0.5, 0.6) is 0 Å². The summed E-state index contributed by atoms with van der Waals surface area (Å²) in [6.45, 7) is -0.128. The van der Waals surface area contributed by atoms with Gasteiger partial charge in [0.1, 0.15) is 6.61 Å². The van der Waals surface area contributed by atoms with E-state index in [0.717, 1.165) is 22.5 Å². The van der Waals surface area contributed by atoms with Crippen molar-refractivity contribution in [3.63, 3.8) is 0 Å². The molecule has 0 radical (unpaired) electrons. The number of hydrogen-bond donors (Lipinski definition) is 1. The van der Waals surface area contributed by atoms with E-state index in [0.29, 0.717) is 5.69 Å². The van der Waals surface area contributed by atoms with E-state index >= 15 is 0 Å². The molecule has 0 saturated carbocycles. The van der Waals surface area contributed by atoms with E-state index < -0.39 is 0 Å². The van der Waals surface area contributed by atoms with Crippen LogP contribution in [0.25, 0.3) is 0 Å². The van der Waals surface area contributed by atoms with E-state index in [4.69, 9.17) is 0 Å².